The average Bonchev–Trinajstić information content (AvgIpc) is 3.95. The molecule has 2 aromatic heterocycles. The van der Waals surface area contributed by atoms with Gasteiger partial charge in [0.2, 0.25) is 0 Å². The van der Waals surface area contributed by atoms with Gasteiger partial charge in [-0.1, -0.05) is 181 Å². The molecule has 0 fully saturated rings. The van der Waals surface area contributed by atoms with Crippen molar-refractivity contribution in [3.05, 3.63) is 240 Å². The van der Waals surface area contributed by atoms with E-state index in [1.165, 1.54) is 67.6 Å². The highest BCUT2D eigenvalue weighted by molar-refractivity contribution is 8.05. The van der Waals surface area contributed by atoms with E-state index in [0.29, 0.717) is 12.5 Å². The maximum absolute atomic E-state index is 6.91. The molecular formula is C61H43N5S3. The number of benzene rings is 8. The number of amidine groups is 1. The first-order valence-corrected chi connectivity index (χ1v) is 25.3. The molecule has 0 amide bonds. The third-order valence-corrected chi connectivity index (χ3v) is 16.5. The van der Waals surface area contributed by atoms with Gasteiger partial charge in [-0.2, -0.15) is 0 Å². The van der Waals surface area contributed by atoms with E-state index in [-0.39, 0.29) is 0 Å². The number of nitrogens with two attached hydrogens (primary N) is 1. The highest BCUT2D eigenvalue weighted by atomic mass is 32.2. The summed E-state index contributed by atoms with van der Waals surface area (Å²) in [6.07, 6.45) is 9.00. The van der Waals surface area contributed by atoms with Gasteiger partial charge in [0.05, 0.1) is 28.1 Å². The second-order valence-corrected chi connectivity index (χ2v) is 20.3. The van der Waals surface area contributed by atoms with E-state index in [0.717, 1.165) is 56.8 Å². The van der Waals surface area contributed by atoms with Gasteiger partial charge in [-0.05, 0) is 94.4 Å². The maximum Gasteiger partial charge on any atom is 0.131 e. The number of rotatable bonds is 10. The normalized spacial score (nSPS) is 14.7. The number of allylic oxidation sites excluding steroid dienone is 5. The van der Waals surface area contributed by atoms with Gasteiger partial charge in [0.25, 0.3) is 0 Å². The lowest BCUT2D eigenvalue weighted by Gasteiger charge is -2.20. The number of aromatic nitrogens is 1. The van der Waals surface area contributed by atoms with Crippen molar-refractivity contribution >= 4 is 97.1 Å². The first kappa shape index (κ1) is 42.6. The van der Waals surface area contributed by atoms with E-state index in [4.69, 9.17) is 15.7 Å². The summed E-state index contributed by atoms with van der Waals surface area (Å²) < 4.78 is 2.34. The second-order valence-electron chi connectivity index (χ2n) is 17.0. The lowest BCUT2D eigenvalue weighted by Crippen LogP contribution is -2.13. The molecule has 2 N–H and O–H groups in total. The lowest BCUT2D eigenvalue weighted by atomic mass is 9.99. The Balaban J connectivity index is 0.876. The Morgan fingerprint density at radius 1 is 0.565 bits per heavy atom. The van der Waals surface area contributed by atoms with Crippen LogP contribution in [0.4, 0.5) is 5.69 Å². The van der Waals surface area contributed by atoms with Crippen LogP contribution in [0.1, 0.15) is 21.6 Å². The van der Waals surface area contributed by atoms with Crippen molar-refractivity contribution in [2.45, 2.75) is 32.7 Å². The van der Waals surface area contributed by atoms with Gasteiger partial charge in [-0.3, -0.25) is 9.98 Å². The molecule has 0 spiro atoms. The largest absolute Gasteiger partial charge is 0.383 e. The minimum Gasteiger partial charge on any atom is -0.383 e. The number of nitrogens with zero attached hydrogens (tertiary/aromatic N) is 4. The van der Waals surface area contributed by atoms with E-state index in [1.807, 2.05) is 30.4 Å². The van der Waals surface area contributed by atoms with Gasteiger partial charge in [0.1, 0.15) is 12.5 Å². The monoisotopic (exact) mass is 941 g/mol. The summed E-state index contributed by atoms with van der Waals surface area (Å²) in [5.41, 5.74) is 19.4. The zero-order valence-electron chi connectivity index (χ0n) is 37.4. The molecule has 69 heavy (non-hydrogen) atoms. The number of fused-ring (bicyclic) bond motifs is 7. The summed E-state index contributed by atoms with van der Waals surface area (Å²) in [5.74, 6) is 0.510. The molecule has 1 aliphatic carbocycles. The molecule has 0 saturated carbocycles. The first-order valence-electron chi connectivity index (χ1n) is 22.8. The minimum absolute atomic E-state index is 0.439. The van der Waals surface area contributed by atoms with Crippen LogP contribution in [0.15, 0.2) is 252 Å². The first-order chi connectivity index (χ1) is 34.0. The SMILES string of the molecule is C=N/C(=C1/C=CC=C/C1=N/Cn1c2ccc(-c3ccc4c(c3)Sc3cc(C(N)=Nc5cc(-c6ccccc6)sc5Cc5ccccc5)ccc3S4)cc2c2c3ccccc3ccc21)c1ccccc1. The van der Waals surface area contributed by atoms with Gasteiger partial charge < -0.3 is 10.3 Å². The van der Waals surface area contributed by atoms with Crippen LogP contribution in [0.5, 0.6) is 0 Å². The fourth-order valence-corrected chi connectivity index (χ4v) is 12.8. The molecule has 3 heterocycles. The third-order valence-electron chi connectivity index (χ3n) is 12.8. The fraction of sp³-hybridized carbons (Fsp3) is 0.0328. The maximum atomic E-state index is 6.91. The molecule has 0 saturated heterocycles. The van der Waals surface area contributed by atoms with Crippen molar-refractivity contribution in [1.82, 2.24) is 4.57 Å². The third kappa shape index (κ3) is 8.27. The molecule has 0 bridgehead atoms. The van der Waals surface area contributed by atoms with E-state index in [9.17, 15) is 0 Å². The van der Waals surface area contributed by atoms with Crippen LogP contribution in [0.25, 0.3) is 59.8 Å². The Morgan fingerprint density at radius 2 is 1.25 bits per heavy atom. The summed E-state index contributed by atoms with van der Waals surface area (Å²) in [4.78, 5) is 22.1. The highest BCUT2D eigenvalue weighted by Gasteiger charge is 2.21. The molecule has 5 nitrogen and oxygen atoms in total. The summed E-state index contributed by atoms with van der Waals surface area (Å²) in [5, 5.41) is 4.86. The Kier molecular flexibility index (Phi) is 11.4. The molecule has 8 aromatic carbocycles. The number of hydrogen-bond acceptors (Lipinski definition) is 6. The molecule has 10 aromatic rings. The molecule has 0 unspecified atom stereocenters. The van der Waals surface area contributed by atoms with Crippen molar-refractivity contribution < 1.29 is 0 Å². The summed E-state index contributed by atoms with van der Waals surface area (Å²) >= 11 is 5.39. The average molecular weight is 942 g/mol. The summed E-state index contributed by atoms with van der Waals surface area (Å²) in [6.45, 7) is 4.38. The van der Waals surface area contributed by atoms with Crippen LogP contribution in [-0.2, 0) is 13.1 Å². The Bertz CT molecular complexity index is 3800. The number of hydrogen-bond donors (Lipinski definition) is 1. The van der Waals surface area contributed by atoms with Gasteiger partial charge >= 0.3 is 0 Å². The number of thiophene rings is 1. The smallest absolute Gasteiger partial charge is 0.131 e. The predicted octanol–water partition coefficient (Wildman–Crippen LogP) is 16.2. The van der Waals surface area contributed by atoms with Crippen LogP contribution < -0.4 is 5.73 Å². The summed E-state index contributed by atoms with van der Waals surface area (Å²) in [6, 6.07) is 66.8. The molecule has 0 radical (unpaired) electrons. The fourth-order valence-electron chi connectivity index (χ4n) is 9.37. The molecule has 330 valence electrons. The lowest BCUT2D eigenvalue weighted by molar-refractivity contribution is 0.793. The van der Waals surface area contributed by atoms with E-state index >= 15 is 0 Å². The standard InChI is InChI=1S/C61H43N5S3/c1-63-60(42-20-9-4-10-21-42)47-23-13-14-24-49(47)64-38-66-51-29-26-43(34-48(51)59-46-22-12-11-17-40(46)25-30-52(59)66)44-27-31-53-57(35-44)69-58-36-45(28-32-54(58)67-53)61(62)65-50-37-55(41-18-7-3-8-19-41)68-56(50)33-39-15-5-2-6-16-39/h2-32,34-37H,1,33,38H2,(H2,62,65)/b60-47-,64-49-. The Morgan fingerprint density at radius 3 is 2.07 bits per heavy atom. The molecular weight excluding hydrogens is 899 g/mol. The van der Waals surface area contributed by atoms with Gasteiger partial charge in [-0.15, -0.1) is 11.3 Å². The quantitative estimate of drug-likeness (QED) is 0.110. The summed E-state index contributed by atoms with van der Waals surface area (Å²) in [7, 11) is 0. The Hall–Kier alpha value is -7.75. The predicted molar refractivity (Wildman–Crippen MR) is 295 cm³/mol. The minimum atomic E-state index is 0.439. The molecule has 2 aliphatic rings. The van der Waals surface area contributed by atoms with E-state index in [1.54, 1.807) is 34.9 Å². The van der Waals surface area contributed by atoms with Gasteiger partial charge in [-0.25, -0.2) is 4.99 Å². The van der Waals surface area contributed by atoms with Crippen molar-refractivity contribution in [3.63, 3.8) is 0 Å². The zero-order valence-corrected chi connectivity index (χ0v) is 39.9. The molecule has 0 atom stereocenters. The van der Waals surface area contributed by atoms with Crippen LogP contribution in [0.2, 0.25) is 0 Å². The van der Waals surface area contributed by atoms with E-state index < -0.39 is 0 Å². The highest BCUT2D eigenvalue weighted by Crippen LogP contribution is 2.50. The van der Waals surface area contributed by atoms with E-state index in [2.05, 4.69) is 198 Å². The van der Waals surface area contributed by atoms with Crippen molar-refractivity contribution in [3.8, 4) is 21.6 Å². The van der Waals surface area contributed by atoms with Crippen molar-refractivity contribution in [2.24, 2.45) is 20.7 Å². The Labute approximate surface area is 413 Å². The van der Waals surface area contributed by atoms with Gasteiger partial charge in [0, 0.05) is 63.2 Å². The molecule has 8 heteroatoms. The second kappa shape index (κ2) is 18.4. The van der Waals surface area contributed by atoms with Gasteiger partial charge in [0.15, 0.2) is 0 Å². The van der Waals surface area contributed by atoms with Crippen LogP contribution in [0, 0.1) is 0 Å². The number of aliphatic imine (C=N–C) groups is 3. The van der Waals surface area contributed by atoms with Crippen LogP contribution in [0.3, 0.4) is 0 Å². The van der Waals surface area contributed by atoms with Crippen LogP contribution in [-0.4, -0.2) is 22.8 Å². The topological polar surface area (TPSA) is 68.0 Å². The van der Waals surface area contributed by atoms with Crippen molar-refractivity contribution in [1.29, 1.82) is 0 Å². The van der Waals surface area contributed by atoms with Crippen molar-refractivity contribution in [2.75, 3.05) is 0 Å². The van der Waals surface area contributed by atoms with Crippen LogP contribution >= 0.6 is 34.9 Å². The zero-order chi connectivity index (χ0) is 46.3. The molecule has 1 aliphatic heterocycles. The molecule has 12 rings (SSSR count).